The quantitative estimate of drug-likeness (QED) is 0.538. The highest BCUT2D eigenvalue weighted by Crippen LogP contribution is 2.13. The van der Waals surface area contributed by atoms with Gasteiger partial charge in [-0.25, -0.2) is 0 Å². The predicted octanol–water partition coefficient (Wildman–Crippen LogP) is 0.803. The molecule has 1 aromatic heterocycles. The number of rotatable bonds is 3. The summed E-state index contributed by atoms with van der Waals surface area (Å²) in [5.41, 5.74) is 6.66. The molecule has 0 aliphatic rings. The van der Waals surface area contributed by atoms with E-state index in [0.29, 0.717) is 5.84 Å². The number of nitrogens with zero attached hydrogens (tertiary/aromatic N) is 1. The van der Waals surface area contributed by atoms with Gasteiger partial charge in [0.2, 0.25) is 0 Å². The number of thiophene rings is 1. The molecule has 0 unspecified atom stereocenters. The lowest BCUT2D eigenvalue weighted by Crippen LogP contribution is -2.11. The van der Waals surface area contributed by atoms with Gasteiger partial charge in [-0.05, 0) is 13.1 Å². The zero-order chi connectivity index (χ0) is 8.97. The lowest BCUT2D eigenvalue weighted by atomic mass is 10.3. The Labute approximate surface area is 76.3 Å². The smallest absolute Gasteiger partial charge is 0.126 e. The standard InChI is InChI=1S/C8H13N3S/c1-10-4-7-3-6(5-12-7)8(9)11-2/h3,5,10H,4H2,1-2H3,(H2,9,11). The minimum atomic E-state index is 0.605. The Balaban J connectivity index is 2.77. The molecular weight excluding hydrogens is 170 g/mol. The first kappa shape index (κ1) is 9.22. The van der Waals surface area contributed by atoms with Gasteiger partial charge in [-0.3, -0.25) is 4.99 Å². The molecule has 3 nitrogen and oxygen atoms in total. The van der Waals surface area contributed by atoms with Crippen molar-refractivity contribution in [2.24, 2.45) is 10.7 Å². The van der Waals surface area contributed by atoms with E-state index in [-0.39, 0.29) is 0 Å². The summed E-state index contributed by atoms with van der Waals surface area (Å²) >= 11 is 1.69. The van der Waals surface area contributed by atoms with E-state index in [1.54, 1.807) is 18.4 Å². The van der Waals surface area contributed by atoms with E-state index in [1.165, 1.54) is 4.88 Å². The topological polar surface area (TPSA) is 50.4 Å². The Morgan fingerprint density at radius 1 is 1.75 bits per heavy atom. The maximum Gasteiger partial charge on any atom is 0.126 e. The first-order valence-corrected chi connectivity index (χ1v) is 4.60. The highest BCUT2D eigenvalue weighted by atomic mass is 32.1. The van der Waals surface area contributed by atoms with Gasteiger partial charge >= 0.3 is 0 Å². The van der Waals surface area contributed by atoms with E-state index >= 15 is 0 Å². The van der Waals surface area contributed by atoms with Crippen molar-refractivity contribution in [3.8, 4) is 0 Å². The summed E-state index contributed by atoms with van der Waals surface area (Å²) < 4.78 is 0. The normalized spacial score (nSPS) is 12.0. The Morgan fingerprint density at radius 2 is 2.50 bits per heavy atom. The molecule has 0 atom stereocenters. The SMILES string of the molecule is CN=C(N)c1csc(CNC)c1. The maximum atomic E-state index is 5.64. The van der Waals surface area contributed by atoms with Crippen LogP contribution >= 0.6 is 11.3 Å². The molecule has 12 heavy (non-hydrogen) atoms. The number of hydrogen-bond acceptors (Lipinski definition) is 3. The third-order valence-corrected chi connectivity index (χ3v) is 2.48. The van der Waals surface area contributed by atoms with E-state index in [0.717, 1.165) is 12.1 Å². The molecule has 3 N–H and O–H groups in total. The molecule has 1 rings (SSSR count). The number of nitrogens with one attached hydrogen (secondary N) is 1. The summed E-state index contributed by atoms with van der Waals surface area (Å²) in [7, 11) is 3.63. The van der Waals surface area contributed by atoms with Crippen LogP contribution in [0.4, 0.5) is 0 Å². The van der Waals surface area contributed by atoms with E-state index < -0.39 is 0 Å². The Kier molecular flexibility index (Phi) is 3.25. The van der Waals surface area contributed by atoms with Crippen LogP contribution in [0.2, 0.25) is 0 Å². The van der Waals surface area contributed by atoms with Crippen molar-refractivity contribution < 1.29 is 0 Å². The van der Waals surface area contributed by atoms with Crippen molar-refractivity contribution in [2.75, 3.05) is 14.1 Å². The average Bonchev–Trinajstić information content (AvgIpc) is 2.52. The van der Waals surface area contributed by atoms with Crippen molar-refractivity contribution in [3.63, 3.8) is 0 Å². The molecule has 66 valence electrons. The van der Waals surface area contributed by atoms with E-state index in [9.17, 15) is 0 Å². The fraction of sp³-hybridized carbons (Fsp3) is 0.375. The highest BCUT2D eigenvalue weighted by molar-refractivity contribution is 7.10. The van der Waals surface area contributed by atoms with Crippen LogP contribution in [0, 0.1) is 0 Å². The lowest BCUT2D eigenvalue weighted by molar-refractivity contribution is 0.831. The Hall–Kier alpha value is -0.870. The van der Waals surface area contributed by atoms with Crippen molar-refractivity contribution in [1.82, 2.24) is 5.32 Å². The molecule has 0 aliphatic carbocycles. The van der Waals surface area contributed by atoms with Gasteiger partial charge < -0.3 is 11.1 Å². The van der Waals surface area contributed by atoms with Gasteiger partial charge in [-0.1, -0.05) is 0 Å². The number of aliphatic imine (C=N–C) groups is 1. The summed E-state index contributed by atoms with van der Waals surface area (Å²) in [6, 6.07) is 2.06. The highest BCUT2D eigenvalue weighted by Gasteiger charge is 2.01. The van der Waals surface area contributed by atoms with E-state index in [2.05, 4.69) is 16.4 Å². The molecule has 1 heterocycles. The fourth-order valence-electron chi connectivity index (χ4n) is 0.911. The predicted molar refractivity (Wildman–Crippen MR) is 53.7 cm³/mol. The molecule has 0 spiro atoms. The number of hydrogen-bond donors (Lipinski definition) is 2. The molecule has 0 amide bonds. The van der Waals surface area contributed by atoms with Gasteiger partial charge in [0.15, 0.2) is 0 Å². The number of nitrogens with two attached hydrogens (primary N) is 1. The molecule has 0 aliphatic heterocycles. The van der Waals surface area contributed by atoms with Gasteiger partial charge in [-0.15, -0.1) is 11.3 Å². The summed E-state index contributed by atoms with van der Waals surface area (Å²) in [5, 5.41) is 5.11. The molecule has 0 bridgehead atoms. The summed E-state index contributed by atoms with van der Waals surface area (Å²) in [5.74, 6) is 0.605. The van der Waals surface area contributed by atoms with Crippen LogP contribution in [-0.2, 0) is 6.54 Å². The molecule has 0 fully saturated rings. The van der Waals surface area contributed by atoms with Crippen LogP contribution in [-0.4, -0.2) is 19.9 Å². The van der Waals surface area contributed by atoms with Gasteiger partial charge in [0.25, 0.3) is 0 Å². The first-order valence-electron chi connectivity index (χ1n) is 3.72. The van der Waals surface area contributed by atoms with Crippen LogP contribution in [0.1, 0.15) is 10.4 Å². The monoisotopic (exact) mass is 183 g/mol. The van der Waals surface area contributed by atoms with Gasteiger partial charge in [0, 0.05) is 29.4 Å². The Morgan fingerprint density at radius 3 is 3.08 bits per heavy atom. The van der Waals surface area contributed by atoms with Gasteiger partial charge in [0.1, 0.15) is 5.84 Å². The average molecular weight is 183 g/mol. The molecule has 0 radical (unpaired) electrons. The second-order valence-corrected chi connectivity index (χ2v) is 3.44. The van der Waals surface area contributed by atoms with Crippen LogP contribution in [0.5, 0.6) is 0 Å². The lowest BCUT2D eigenvalue weighted by Gasteiger charge is -1.93. The van der Waals surface area contributed by atoms with Crippen LogP contribution in [0.25, 0.3) is 0 Å². The molecule has 0 saturated carbocycles. The molecule has 4 heteroatoms. The first-order chi connectivity index (χ1) is 5.77. The summed E-state index contributed by atoms with van der Waals surface area (Å²) in [6.07, 6.45) is 0. The minimum Gasteiger partial charge on any atom is -0.383 e. The zero-order valence-electron chi connectivity index (χ0n) is 7.29. The fourth-order valence-corrected chi connectivity index (χ4v) is 1.80. The minimum absolute atomic E-state index is 0.605. The largest absolute Gasteiger partial charge is 0.383 e. The summed E-state index contributed by atoms with van der Waals surface area (Å²) in [4.78, 5) is 5.19. The maximum absolute atomic E-state index is 5.64. The van der Waals surface area contributed by atoms with Crippen LogP contribution < -0.4 is 11.1 Å². The zero-order valence-corrected chi connectivity index (χ0v) is 8.11. The molecule has 0 aromatic carbocycles. The van der Waals surface area contributed by atoms with Crippen LogP contribution in [0.15, 0.2) is 16.4 Å². The van der Waals surface area contributed by atoms with Gasteiger partial charge in [-0.2, -0.15) is 0 Å². The van der Waals surface area contributed by atoms with Gasteiger partial charge in [0.05, 0.1) is 0 Å². The second-order valence-electron chi connectivity index (χ2n) is 2.44. The second kappa shape index (κ2) is 4.23. The van der Waals surface area contributed by atoms with E-state index in [1.807, 2.05) is 12.4 Å². The van der Waals surface area contributed by atoms with Crippen molar-refractivity contribution >= 4 is 17.2 Å². The van der Waals surface area contributed by atoms with Crippen molar-refractivity contribution in [1.29, 1.82) is 0 Å². The molecule has 1 aromatic rings. The van der Waals surface area contributed by atoms with Crippen LogP contribution in [0.3, 0.4) is 0 Å². The Bertz CT molecular complexity index is 278. The number of amidine groups is 1. The van der Waals surface area contributed by atoms with Crippen molar-refractivity contribution in [2.45, 2.75) is 6.54 Å². The third-order valence-electron chi connectivity index (χ3n) is 1.54. The molecule has 0 saturated heterocycles. The summed E-state index contributed by atoms with van der Waals surface area (Å²) in [6.45, 7) is 0.891. The van der Waals surface area contributed by atoms with E-state index in [4.69, 9.17) is 5.73 Å². The molecular formula is C8H13N3S. The van der Waals surface area contributed by atoms with Crippen molar-refractivity contribution in [3.05, 3.63) is 21.9 Å². The third kappa shape index (κ3) is 2.06.